The third-order valence-electron chi connectivity index (χ3n) is 6.10. The van der Waals surface area contributed by atoms with Gasteiger partial charge in [0.15, 0.2) is 0 Å². The first kappa shape index (κ1) is 16.3. The van der Waals surface area contributed by atoms with Gasteiger partial charge in [-0.3, -0.25) is 14.9 Å². The van der Waals surface area contributed by atoms with Crippen molar-refractivity contribution in [1.29, 1.82) is 0 Å². The molecule has 1 unspecified atom stereocenters. The van der Waals surface area contributed by atoms with Gasteiger partial charge in [0.2, 0.25) is 5.91 Å². The number of hydrogen-bond acceptors (Lipinski definition) is 5. The summed E-state index contributed by atoms with van der Waals surface area (Å²) in [5.74, 6) is 0.497. The van der Waals surface area contributed by atoms with Crippen molar-refractivity contribution in [3.63, 3.8) is 0 Å². The fourth-order valence-corrected chi connectivity index (χ4v) is 4.45. The summed E-state index contributed by atoms with van der Waals surface area (Å²) in [6.45, 7) is 4.64. The van der Waals surface area contributed by atoms with Gasteiger partial charge in [-0.15, -0.1) is 0 Å². The second-order valence-electron chi connectivity index (χ2n) is 7.43. The van der Waals surface area contributed by atoms with E-state index in [9.17, 15) is 14.9 Å². The van der Waals surface area contributed by atoms with Gasteiger partial charge in [-0.2, -0.15) is 0 Å². The van der Waals surface area contributed by atoms with Crippen molar-refractivity contribution in [3.8, 4) is 0 Å². The van der Waals surface area contributed by atoms with E-state index < -0.39 is 0 Å². The number of nitro groups is 1. The molecule has 3 fully saturated rings. The summed E-state index contributed by atoms with van der Waals surface area (Å²) in [5.41, 5.74) is 1.05. The summed E-state index contributed by atoms with van der Waals surface area (Å²) in [7, 11) is 0. The average molecular weight is 344 g/mol. The molecule has 0 bridgehead atoms. The fraction of sp³-hybridized carbons (Fsp3) is 0.611. The van der Waals surface area contributed by atoms with Gasteiger partial charge >= 0.3 is 0 Å². The number of piperazine rings is 1. The predicted molar refractivity (Wildman–Crippen MR) is 94.5 cm³/mol. The number of nitrogens with zero attached hydrogens (tertiary/aromatic N) is 3. The van der Waals surface area contributed by atoms with Crippen LogP contribution in [0.3, 0.4) is 0 Å². The number of carbonyl (C=O) groups is 1. The third kappa shape index (κ3) is 2.97. The molecule has 2 aliphatic heterocycles. The molecule has 2 saturated heterocycles. The molecule has 134 valence electrons. The molecule has 1 N–H and O–H groups in total. The molecule has 1 aliphatic carbocycles. The second kappa shape index (κ2) is 6.29. The second-order valence-corrected chi connectivity index (χ2v) is 7.43. The number of nitro benzene ring substituents is 1. The smallest absolute Gasteiger partial charge is 0.292 e. The van der Waals surface area contributed by atoms with Crippen molar-refractivity contribution in [2.45, 2.75) is 19.3 Å². The van der Waals surface area contributed by atoms with Gasteiger partial charge in [-0.05, 0) is 43.8 Å². The highest BCUT2D eigenvalue weighted by Gasteiger charge is 2.58. The Morgan fingerprint density at radius 3 is 2.52 bits per heavy atom. The summed E-state index contributed by atoms with van der Waals surface area (Å²) in [6.07, 6.45) is 3.26. The molecule has 3 aliphatic rings. The lowest BCUT2D eigenvalue weighted by atomic mass is 9.91. The molecular formula is C18H24N4O3. The lowest BCUT2D eigenvalue weighted by Gasteiger charge is -2.36. The maximum absolute atomic E-state index is 12.8. The van der Waals surface area contributed by atoms with E-state index in [2.05, 4.69) is 5.32 Å². The van der Waals surface area contributed by atoms with Crippen LogP contribution >= 0.6 is 0 Å². The summed E-state index contributed by atoms with van der Waals surface area (Å²) in [6, 6.07) is 6.84. The molecule has 2 heterocycles. The number of amides is 1. The molecule has 4 rings (SSSR count). The quantitative estimate of drug-likeness (QED) is 0.666. The van der Waals surface area contributed by atoms with Crippen LogP contribution in [-0.2, 0) is 4.79 Å². The van der Waals surface area contributed by atoms with Crippen molar-refractivity contribution in [1.82, 2.24) is 10.2 Å². The lowest BCUT2D eigenvalue weighted by molar-refractivity contribution is -0.384. The van der Waals surface area contributed by atoms with Crippen LogP contribution in [0.2, 0.25) is 0 Å². The number of piperidine rings is 1. The number of benzene rings is 1. The molecular weight excluding hydrogens is 320 g/mol. The Hall–Kier alpha value is -2.15. The van der Waals surface area contributed by atoms with E-state index >= 15 is 0 Å². The Labute approximate surface area is 147 Å². The van der Waals surface area contributed by atoms with Gasteiger partial charge < -0.3 is 15.1 Å². The van der Waals surface area contributed by atoms with Crippen molar-refractivity contribution in [3.05, 3.63) is 34.4 Å². The van der Waals surface area contributed by atoms with E-state index in [1.165, 1.54) is 6.07 Å². The molecule has 1 aromatic carbocycles. The van der Waals surface area contributed by atoms with Crippen molar-refractivity contribution in [2.24, 2.45) is 11.3 Å². The van der Waals surface area contributed by atoms with Gasteiger partial charge in [0.1, 0.15) is 5.69 Å². The summed E-state index contributed by atoms with van der Waals surface area (Å²) in [5, 5.41) is 14.6. The number of hydrogen-bond donors (Lipinski definition) is 1. The van der Waals surface area contributed by atoms with Gasteiger partial charge in [0.25, 0.3) is 5.69 Å². The van der Waals surface area contributed by atoms with Crippen LogP contribution in [0.4, 0.5) is 11.4 Å². The predicted octanol–water partition coefficient (Wildman–Crippen LogP) is 1.63. The first-order chi connectivity index (χ1) is 12.1. The Bertz CT molecular complexity index is 679. The first-order valence-corrected chi connectivity index (χ1v) is 9.09. The molecule has 7 nitrogen and oxygen atoms in total. The molecule has 1 atom stereocenters. The van der Waals surface area contributed by atoms with Crippen LogP contribution in [-0.4, -0.2) is 55.0 Å². The number of nitrogens with one attached hydrogen (secondary N) is 1. The third-order valence-corrected chi connectivity index (χ3v) is 6.10. The molecule has 1 spiro atoms. The number of para-hydroxylation sites is 2. The standard InChI is InChI=1S/C18H24N4O3/c23-17(14-13-18(14)5-7-19-8-6-18)21-11-9-20(10-12-21)15-3-1-2-4-16(15)22(24)25/h1-4,14,19H,5-13H2. The number of carbonyl (C=O) groups excluding carboxylic acids is 1. The van der Waals surface area contributed by atoms with Crippen LogP contribution in [0.1, 0.15) is 19.3 Å². The van der Waals surface area contributed by atoms with Gasteiger partial charge in [-0.1, -0.05) is 12.1 Å². The maximum atomic E-state index is 12.8. The minimum atomic E-state index is -0.335. The van der Waals surface area contributed by atoms with Crippen LogP contribution in [0.5, 0.6) is 0 Å². The van der Waals surface area contributed by atoms with E-state index in [1.54, 1.807) is 12.1 Å². The van der Waals surface area contributed by atoms with Crippen LogP contribution in [0, 0.1) is 21.4 Å². The highest BCUT2D eigenvalue weighted by atomic mass is 16.6. The lowest BCUT2D eigenvalue weighted by Crippen LogP contribution is -2.50. The SMILES string of the molecule is O=C(C1CC12CCNCC2)N1CCN(c2ccccc2[N+](=O)[O-])CC1. The Morgan fingerprint density at radius 1 is 1.16 bits per heavy atom. The van der Waals surface area contributed by atoms with E-state index in [-0.39, 0.29) is 21.9 Å². The van der Waals surface area contributed by atoms with Crippen molar-refractivity contribution < 1.29 is 9.72 Å². The van der Waals surface area contributed by atoms with Gasteiger partial charge in [0, 0.05) is 38.2 Å². The Balaban J connectivity index is 1.38. The number of anilines is 1. The molecule has 1 amide bonds. The van der Waals surface area contributed by atoms with E-state index in [0.717, 1.165) is 32.4 Å². The van der Waals surface area contributed by atoms with Gasteiger partial charge in [0.05, 0.1) is 4.92 Å². The fourth-order valence-electron chi connectivity index (χ4n) is 4.45. The molecule has 1 aromatic rings. The van der Waals surface area contributed by atoms with Gasteiger partial charge in [-0.25, -0.2) is 0 Å². The Kier molecular flexibility index (Phi) is 4.11. The minimum Gasteiger partial charge on any atom is -0.362 e. The summed E-state index contributed by atoms with van der Waals surface area (Å²) < 4.78 is 0. The van der Waals surface area contributed by atoms with E-state index in [0.29, 0.717) is 37.8 Å². The van der Waals surface area contributed by atoms with Crippen molar-refractivity contribution >= 4 is 17.3 Å². The maximum Gasteiger partial charge on any atom is 0.292 e. The molecule has 7 heteroatoms. The van der Waals surface area contributed by atoms with Crippen LogP contribution < -0.4 is 10.2 Å². The summed E-state index contributed by atoms with van der Waals surface area (Å²) >= 11 is 0. The normalized spacial score (nSPS) is 25.0. The molecule has 25 heavy (non-hydrogen) atoms. The average Bonchev–Trinajstić information content (AvgIpc) is 3.34. The first-order valence-electron chi connectivity index (χ1n) is 9.09. The monoisotopic (exact) mass is 344 g/mol. The van der Waals surface area contributed by atoms with Crippen molar-refractivity contribution in [2.75, 3.05) is 44.2 Å². The van der Waals surface area contributed by atoms with E-state index in [4.69, 9.17) is 0 Å². The zero-order valence-electron chi connectivity index (χ0n) is 14.3. The molecule has 1 saturated carbocycles. The highest BCUT2D eigenvalue weighted by molar-refractivity contribution is 5.83. The minimum absolute atomic E-state index is 0.137. The largest absolute Gasteiger partial charge is 0.362 e. The zero-order valence-corrected chi connectivity index (χ0v) is 14.3. The van der Waals surface area contributed by atoms with Crippen LogP contribution in [0.15, 0.2) is 24.3 Å². The van der Waals surface area contributed by atoms with E-state index in [1.807, 2.05) is 15.9 Å². The molecule has 0 radical (unpaired) electrons. The van der Waals surface area contributed by atoms with Crippen LogP contribution in [0.25, 0.3) is 0 Å². The topological polar surface area (TPSA) is 78.7 Å². The molecule has 0 aromatic heterocycles. The highest BCUT2D eigenvalue weighted by Crippen LogP contribution is 2.59. The Morgan fingerprint density at radius 2 is 1.84 bits per heavy atom. The number of rotatable bonds is 3. The summed E-state index contributed by atoms with van der Waals surface area (Å²) in [4.78, 5) is 27.7. The zero-order chi connectivity index (χ0) is 17.4.